The molecule has 2 aromatic carbocycles. The van der Waals surface area contributed by atoms with E-state index < -0.39 is 5.54 Å². The molecule has 0 unspecified atom stereocenters. The average Bonchev–Trinajstić information content (AvgIpc) is 3.34. The van der Waals surface area contributed by atoms with Crippen LogP contribution in [0.2, 0.25) is 15.1 Å². The zero-order chi connectivity index (χ0) is 22.2. The first kappa shape index (κ1) is 21.7. The molecule has 0 atom stereocenters. The van der Waals surface area contributed by atoms with Crippen LogP contribution in [0, 0.1) is 18.3 Å². The smallest absolute Gasteiger partial charge is 0.273 e. The molecule has 0 saturated heterocycles. The second-order valence-electron chi connectivity index (χ2n) is 7.69. The predicted molar refractivity (Wildman–Crippen MR) is 123 cm³/mol. The van der Waals surface area contributed by atoms with Crippen molar-refractivity contribution in [3.8, 4) is 23.0 Å². The topological polar surface area (TPSA) is 70.7 Å². The van der Waals surface area contributed by atoms with Gasteiger partial charge in [0.15, 0.2) is 5.69 Å². The van der Waals surface area contributed by atoms with E-state index >= 15 is 0 Å². The van der Waals surface area contributed by atoms with E-state index in [0.717, 1.165) is 18.4 Å². The van der Waals surface area contributed by atoms with Gasteiger partial charge in [0.2, 0.25) is 0 Å². The summed E-state index contributed by atoms with van der Waals surface area (Å²) in [6, 6.07) is 14.7. The first-order valence-corrected chi connectivity index (χ1v) is 11.0. The van der Waals surface area contributed by atoms with Crippen LogP contribution in [-0.4, -0.2) is 21.2 Å². The van der Waals surface area contributed by atoms with Crippen molar-refractivity contribution in [3.05, 3.63) is 68.8 Å². The number of nitriles is 1. The maximum absolute atomic E-state index is 13.2. The Morgan fingerprint density at radius 1 is 1.10 bits per heavy atom. The van der Waals surface area contributed by atoms with Crippen molar-refractivity contribution >= 4 is 40.7 Å². The van der Waals surface area contributed by atoms with Crippen LogP contribution in [-0.2, 0) is 0 Å². The molecule has 1 heterocycles. The molecule has 8 heteroatoms. The van der Waals surface area contributed by atoms with Crippen molar-refractivity contribution < 1.29 is 4.79 Å². The number of carbonyl (C=O) groups is 1. The number of aromatic nitrogens is 2. The third-order valence-electron chi connectivity index (χ3n) is 5.62. The average molecular weight is 474 g/mol. The number of hydrogen-bond donors (Lipinski definition) is 1. The molecule has 158 valence electrons. The van der Waals surface area contributed by atoms with E-state index in [-0.39, 0.29) is 11.6 Å². The van der Waals surface area contributed by atoms with Crippen LogP contribution in [0.25, 0.3) is 16.9 Å². The maximum Gasteiger partial charge on any atom is 0.273 e. The predicted octanol–water partition coefficient (Wildman–Crippen LogP) is 6.37. The molecular weight excluding hydrogens is 455 g/mol. The van der Waals surface area contributed by atoms with Crippen molar-refractivity contribution in [2.24, 2.45) is 0 Å². The van der Waals surface area contributed by atoms with Crippen LogP contribution in [0.4, 0.5) is 0 Å². The van der Waals surface area contributed by atoms with Crippen molar-refractivity contribution in [1.29, 1.82) is 5.26 Å². The highest BCUT2D eigenvalue weighted by Gasteiger charge is 2.37. The quantitative estimate of drug-likeness (QED) is 0.478. The highest BCUT2D eigenvalue weighted by Crippen LogP contribution is 2.34. The Balaban J connectivity index is 1.85. The zero-order valence-electron chi connectivity index (χ0n) is 16.8. The monoisotopic (exact) mass is 472 g/mol. The third kappa shape index (κ3) is 4.16. The fourth-order valence-electron chi connectivity index (χ4n) is 4.01. The Bertz CT molecular complexity index is 1190. The molecule has 1 saturated carbocycles. The van der Waals surface area contributed by atoms with Crippen molar-refractivity contribution in [2.75, 3.05) is 0 Å². The van der Waals surface area contributed by atoms with Crippen molar-refractivity contribution in [2.45, 2.75) is 38.1 Å². The highest BCUT2D eigenvalue weighted by molar-refractivity contribution is 6.35. The summed E-state index contributed by atoms with van der Waals surface area (Å²) < 4.78 is 1.64. The van der Waals surface area contributed by atoms with Crippen molar-refractivity contribution in [1.82, 2.24) is 15.1 Å². The Morgan fingerprint density at radius 2 is 1.74 bits per heavy atom. The van der Waals surface area contributed by atoms with Gasteiger partial charge < -0.3 is 5.32 Å². The van der Waals surface area contributed by atoms with E-state index in [4.69, 9.17) is 34.8 Å². The van der Waals surface area contributed by atoms with Crippen LogP contribution in [0.1, 0.15) is 41.7 Å². The molecule has 3 aromatic rings. The lowest BCUT2D eigenvalue weighted by molar-refractivity contribution is 0.0914. The van der Waals surface area contributed by atoms with E-state index in [2.05, 4.69) is 16.5 Å². The SMILES string of the molecule is Cc1c(C(=O)NC2(C#N)CCCC2)nn(-c2ccc(Cl)cc2Cl)c1-c1ccc(Cl)cc1. The lowest BCUT2D eigenvalue weighted by Gasteiger charge is -2.21. The molecule has 1 fully saturated rings. The van der Waals surface area contributed by atoms with Gasteiger partial charge in [-0.25, -0.2) is 4.68 Å². The summed E-state index contributed by atoms with van der Waals surface area (Å²) >= 11 is 18.6. The Morgan fingerprint density at radius 3 is 2.35 bits per heavy atom. The second-order valence-corrected chi connectivity index (χ2v) is 8.97. The minimum Gasteiger partial charge on any atom is -0.332 e. The first-order chi connectivity index (χ1) is 14.8. The lowest BCUT2D eigenvalue weighted by atomic mass is 9.99. The largest absolute Gasteiger partial charge is 0.332 e. The number of nitrogens with one attached hydrogen (secondary N) is 1. The molecule has 1 N–H and O–H groups in total. The van der Waals surface area contributed by atoms with Gasteiger partial charge in [-0.15, -0.1) is 0 Å². The van der Waals surface area contributed by atoms with Crippen molar-refractivity contribution in [3.63, 3.8) is 0 Å². The fraction of sp³-hybridized carbons (Fsp3) is 0.261. The standard InChI is InChI=1S/C23H19Cl3N4O/c1-14-20(22(31)28-23(13-27)10-2-3-11-23)29-30(19-9-8-17(25)12-18(19)26)21(14)15-4-6-16(24)7-5-15/h4-9,12H,2-3,10-11H2,1H3,(H,28,31). The third-order valence-corrected chi connectivity index (χ3v) is 6.41. The van der Waals surface area contributed by atoms with Gasteiger partial charge in [-0.2, -0.15) is 10.4 Å². The number of nitrogens with zero attached hydrogens (tertiary/aromatic N) is 3. The van der Waals surface area contributed by atoms with Crippen LogP contribution in [0.15, 0.2) is 42.5 Å². The molecule has 0 radical (unpaired) electrons. The maximum atomic E-state index is 13.2. The summed E-state index contributed by atoms with van der Waals surface area (Å²) in [7, 11) is 0. The number of rotatable bonds is 4. The number of halogens is 3. The van der Waals surface area contributed by atoms with Crippen LogP contribution in [0.5, 0.6) is 0 Å². The van der Waals surface area contributed by atoms with Gasteiger partial charge in [0.25, 0.3) is 5.91 Å². The second kappa shape index (κ2) is 8.55. The molecule has 1 amide bonds. The van der Waals surface area contributed by atoms with Gasteiger partial charge >= 0.3 is 0 Å². The van der Waals surface area contributed by atoms with E-state index in [1.165, 1.54) is 0 Å². The highest BCUT2D eigenvalue weighted by atomic mass is 35.5. The molecule has 0 spiro atoms. The van der Waals surface area contributed by atoms with E-state index in [1.54, 1.807) is 35.0 Å². The molecule has 0 aliphatic heterocycles. The van der Waals surface area contributed by atoms with Gasteiger partial charge in [-0.3, -0.25) is 4.79 Å². The van der Waals surface area contributed by atoms with Gasteiger partial charge in [0, 0.05) is 21.2 Å². The summed E-state index contributed by atoms with van der Waals surface area (Å²) in [5.74, 6) is -0.375. The first-order valence-electron chi connectivity index (χ1n) is 9.88. The van der Waals surface area contributed by atoms with Gasteiger partial charge in [-0.05, 0) is 62.9 Å². The van der Waals surface area contributed by atoms with Gasteiger partial charge in [-0.1, -0.05) is 46.9 Å². The number of benzene rings is 2. The van der Waals surface area contributed by atoms with Gasteiger partial charge in [0.1, 0.15) is 5.54 Å². The summed E-state index contributed by atoms with van der Waals surface area (Å²) in [5, 5.41) is 18.7. The lowest BCUT2D eigenvalue weighted by Crippen LogP contribution is -2.45. The van der Waals surface area contributed by atoms with E-state index in [9.17, 15) is 10.1 Å². The van der Waals surface area contributed by atoms with Crippen LogP contribution >= 0.6 is 34.8 Å². The molecule has 4 rings (SSSR count). The van der Waals surface area contributed by atoms with Crippen LogP contribution < -0.4 is 5.32 Å². The minimum atomic E-state index is -0.842. The Kier molecular flexibility index (Phi) is 5.98. The normalized spacial score (nSPS) is 14.9. The van der Waals surface area contributed by atoms with Crippen LogP contribution in [0.3, 0.4) is 0 Å². The molecule has 0 bridgehead atoms. The molecule has 1 aliphatic carbocycles. The summed E-state index contributed by atoms with van der Waals surface area (Å²) in [6.07, 6.45) is 3.11. The fourth-order valence-corrected chi connectivity index (χ4v) is 4.62. The Hall–Kier alpha value is -2.52. The van der Waals surface area contributed by atoms with E-state index in [0.29, 0.717) is 44.9 Å². The molecule has 31 heavy (non-hydrogen) atoms. The Labute approximate surface area is 195 Å². The van der Waals surface area contributed by atoms with Gasteiger partial charge in [0.05, 0.1) is 22.5 Å². The number of amides is 1. The molecule has 5 nitrogen and oxygen atoms in total. The zero-order valence-corrected chi connectivity index (χ0v) is 19.0. The van der Waals surface area contributed by atoms with E-state index in [1.807, 2.05) is 19.1 Å². The summed E-state index contributed by atoms with van der Waals surface area (Å²) in [6.45, 7) is 1.83. The molecule has 1 aromatic heterocycles. The number of carbonyl (C=O) groups excluding carboxylic acids is 1. The molecule has 1 aliphatic rings. The minimum absolute atomic E-state index is 0.248. The molecular formula is C23H19Cl3N4O. The summed E-state index contributed by atoms with van der Waals surface area (Å²) in [5.41, 5.74) is 2.22. The summed E-state index contributed by atoms with van der Waals surface area (Å²) in [4.78, 5) is 13.2. The number of hydrogen-bond acceptors (Lipinski definition) is 3.